The summed E-state index contributed by atoms with van der Waals surface area (Å²) in [5.74, 6) is 0.649. The van der Waals surface area contributed by atoms with Crippen LogP contribution in [0.2, 0.25) is 0 Å². The Labute approximate surface area is 94.5 Å². The summed E-state index contributed by atoms with van der Waals surface area (Å²) in [6.07, 6.45) is 2.48. The predicted octanol–water partition coefficient (Wildman–Crippen LogP) is 1.70. The second-order valence-corrected chi connectivity index (χ2v) is 5.50. The van der Waals surface area contributed by atoms with Crippen LogP contribution in [-0.2, 0) is 6.54 Å². The van der Waals surface area contributed by atoms with Gasteiger partial charge in [0.1, 0.15) is 0 Å². The second kappa shape index (κ2) is 4.20. The third kappa shape index (κ3) is 2.38. The number of thiazole rings is 1. The van der Waals surface area contributed by atoms with E-state index in [1.165, 1.54) is 17.7 Å². The molecule has 1 saturated carbocycles. The Bertz CT molecular complexity index is 335. The van der Waals surface area contributed by atoms with Gasteiger partial charge in [-0.15, -0.1) is 11.3 Å². The molecule has 2 rings (SSSR count). The summed E-state index contributed by atoms with van der Waals surface area (Å²) in [5.41, 5.74) is 2.87. The number of aliphatic hydroxyl groups excluding tert-OH is 1. The highest BCUT2D eigenvalue weighted by Gasteiger charge is 2.40. The average molecular weight is 226 g/mol. The first-order chi connectivity index (χ1) is 7.15. The maximum Gasteiger partial charge on any atom is 0.0798 e. The summed E-state index contributed by atoms with van der Waals surface area (Å²) in [7, 11) is 0. The Kier molecular flexibility index (Phi) is 3.09. The lowest BCUT2D eigenvalue weighted by Gasteiger charge is -2.28. The van der Waals surface area contributed by atoms with Crippen LogP contribution in [0, 0.1) is 12.8 Å². The normalized spacial score (nSPS) is 20.2. The van der Waals surface area contributed by atoms with Gasteiger partial charge >= 0.3 is 0 Å². The predicted molar refractivity (Wildman–Crippen MR) is 61.9 cm³/mol. The molecule has 1 fully saturated rings. The Hall–Kier alpha value is -0.450. The van der Waals surface area contributed by atoms with Gasteiger partial charge in [-0.1, -0.05) is 0 Å². The number of aliphatic hydroxyl groups is 1. The monoisotopic (exact) mass is 226 g/mol. The van der Waals surface area contributed by atoms with Gasteiger partial charge in [0.15, 0.2) is 0 Å². The first-order valence-corrected chi connectivity index (χ1v) is 6.28. The van der Waals surface area contributed by atoms with E-state index in [0.717, 1.165) is 12.2 Å². The molecule has 4 heteroatoms. The lowest BCUT2D eigenvalue weighted by molar-refractivity contribution is 0.154. The molecule has 0 spiro atoms. The molecule has 1 atom stereocenters. The lowest BCUT2D eigenvalue weighted by Crippen LogP contribution is -2.47. The van der Waals surface area contributed by atoms with Crippen molar-refractivity contribution in [1.82, 2.24) is 10.3 Å². The van der Waals surface area contributed by atoms with E-state index in [-0.39, 0.29) is 12.1 Å². The molecular weight excluding hydrogens is 208 g/mol. The third-order valence-electron chi connectivity index (χ3n) is 3.30. The Morgan fingerprint density at radius 1 is 1.67 bits per heavy atom. The molecule has 1 aliphatic rings. The molecule has 84 valence electrons. The topological polar surface area (TPSA) is 45.2 Å². The highest BCUT2D eigenvalue weighted by atomic mass is 32.1. The number of aromatic nitrogens is 1. The van der Waals surface area contributed by atoms with Crippen molar-refractivity contribution < 1.29 is 5.11 Å². The first-order valence-electron chi connectivity index (χ1n) is 5.40. The fraction of sp³-hybridized carbons (Fsp3) is 0.727. The number of hydrogen-bond acceptors (Lipinski definition) is 4. The molecule has 1 aromatic rings. The Morgan fingerprint density at radius 3 is 2.87 bits per heavy atom. The minimum absolute atomic E-state index is 0.101. The number of aryl methyl sites for hydroxylation is 1. The largest absolute Gasteiger partial charge is 0.394 e. The van der Waals surface area contributed by atoms with Crippen molar-refractivity contribution in [2.75, 3.05) is 6.61 Å². The highest BCUT2D eigenvalue weighted by Crippen LogP contribution is 2.39. The van der Waals surface area contributed by atoms with E-state index >= 15 is 0 Å². The van der Waals surface area contributed by atoms with Gasteiger partial charge in [-0.05, 0) is 32.6 Å². The van der Waals surface area contributed by atoms with Gasteiger partial charge in [-0.25, -0.2) is 4.98 Å². The zero-order chi connectivity index (χ0) is 10.9. The van der Waals surface area contributed by atoms with Crippen LogP contribution >= 0.6 is 11.3 Å². The van der Waals surface area contributed by atoms with Gasteiger partial charge in [0.05, 0.1) is 17.8 Å². The van der Waals surface area contributed by atoms with Gasteiger partial charge in [0, 0.05) is 17.0 Å². The molecule has 1 heterocycles. The molecule has 15 heavy (non-hydrogen) atoms. The Balaban J connectivity index is 1.94. The van der Waals surface area contributed by atoms with Crippen LogP contribution < -0.4 is 5.32 Å². The molecular formula is C11H18N2OS. The standard InChI is InChI=1S/C11H18N2OS/c1-8-10(15-7-12-8)5-13-11(2,6-14)9-3-4-9/h7,9,13-14H,3-6H2,1-2H3. The van der Waals surface area contributed by atoms with Crippen molar-refractivity contribution in [3.05, 3.63) is 16.1 Å². The van der Waals surface area contributed by atoms with E-state index in [4.69, 9.17) is 0 Å². The van der Waals surface area contributed by atoms with Crippen molar-refractivity contribution in [1.29, 1.82) is 0 Å². The van der Waals surface area contributed by atoms with Crippen LogP contribution in [0.25, 0.3) is 0 Å². The molecule has 0 aliphatic heterocycles. The van der Waals surface area contributed by atoms with E-state index in [1.807, 2.05) is 12.4 Å². The van der Waals surface area contributed by atoms with Crippen LogP contribution in [0.5, 0.6) is 0 Å². The summed E-state index contributed by atoms with van der Waals surface area (Å²) in [4.78, 5) is 5.49. The second-order valence-electron chi connectivity index (χ2n) is 4.56. The van der Waals surface area contributed by atoms with Crippen LogP contribution in [0.15, 0.2) is 5.51 Å². The van der Waals surface area contributed by atoms with Crippen LogP contribution in [0.4, 0.5) is 0 Å². The summed E-state index contributed by atoms with van der Waals surface area (Å²) in [5, 5.41) is 12.9. The van der Waals surface area contributed by atoms with Crippen molar-refractivity contribution in [2.45, 2.75) is 38.8 Å². The summed E-state index contributed by atoms with van der Waals surface area (Å²) < 4.78 is 0. The summed E-state index contributed by atoms with van der Waals surface area (Å²) >= 11 is 1.68. The van der Waals surface area contributed by atoms with Gasteiger partial charge in [-0.2, -0.15) is 0 Å². The SMILES string of the molecule is Cc1ncsc1CNC(C)(CO)C1CC1. The minimum atomic E-state index is -0.101. The number of rotatable bonds is 5. The van der Waals surface area contributed by atoms with Gasteiger partial charge in [0.2, 0.25) is 0 Å². The zero-order valence-corrected chi connectivity index (χ0v) is 10.1. The molecule has 0 aromatic carbocycles. The highest BCUT2D eigenvalue weighted by molar-refractivity contribution is 7.09. The van der Waals surface area contributed by atoms with Crippen molar-refractivity contribution in [2.24, 2.45) is 5.92 Å². The smallest absolute Gasteiger partial charge is 0.0798 e. The van der Waals surface area contributed by atoms with E-state index in [2.05, 4.69) is 17.2 Å². The number of hydrogen-bond donors (Lipinski definition) is 2. The quantitative estimate of drug-likeness (QED) is 0.803. The van der Waals surface area contributed by atoms with Gasteiger partial charge < -0.3 is 10.4 Å². The van der Waals surface area contributed by atoms with Gasteiger partial charge in [0.25, 0.3) is 0 Å². The number of nitrogens with zero attached hydrogens (tertiary/aromatic N) is 1. The molecule has 3 nitrogen and oxygen atoms in total. The minimum Gasteiger partial charge on any atom is -0.394 e. The lowest BCUT2D eigenvalue weighted by atomic mass is 9.97. The molecule has 0 bridgehead atoms. The summed E-state index contributed by atoms with van der Waals surface area (Å²) in [6, 6.07) is 0. The maximum atomic E-state index is 9.42. The van der Waals surface area contributed by atoms with Crippen molar-refractivity contribution >= 4 is 11.3 Å². The van der Waals surface area contributed by atoms with Crippen molar-refractivity contribution in [3.63, 3.8) is 0 Å². The Morgan fingerprint density at radius 2 is 2.40 bits per heavy atom. The molecule has 1 unspecified atom stereocenters. The fourth-order valence-corrected chi connectivity index (χ4v) is 2.54. The molecule has 1 aliphatic carbocycles. The van der Waals surface area contributed by atoms with E-state index < -0.39 is 0 Å². The van der Waals surface area contributed by atoms with E-state index in [1.54, 1.807) is 11.3 Å². The fourth-order valence-electron chi connectivity index (χ4n) is 1.83. The van der Waals surface area contributed by atoms with Crippen LogP contribution in [0.3, 0.4) is 0 Å². The third-order valence-corrected chi connectivity index (χ3v) is 4.24. The molecule has 0 radical (unpaired) electrons. The van der Waals surface area contributed by atoms with Crippen molar-refractivity contribution in [3.8, 4) is 0 Å². The first kappa shape index (κ1) is 11.0. The summed E-state index contributed by atoms with van der Waals surface area (Å²) in [6.45, 7) is 5.18. The zero-order valence-electron chi connectivity index (χ0n) is 9.29. The molecule has 2 N–H and O–H groups in total. The molecule has 1 aromatic heterocycles. The van der Waals surface area contributed by atoms with E-state index in [0.29, 0.717) is 5.92 Å². The van der Waals surface area contributed by atoms with Gasteiger partial charge in [-0.3, -0.25) is 0 Å². The maximum absolute atomic E-state index is 9.42. The average Bonchev–Trinajstić information content (AvgIpc) is 3.01. The van der Waals surface area contributed by atoms with Crippen LogP contribution in [-0.4, -0.2) is 22.2 Å². The molecule has 0 amide bonds. The number of nitrogens with one attached hydrogen (secondary N) is 1. The van der Waals surface area contributed by atoms with E-state index in [9.17, 15) is 5.11 Å². The molecule has 0 saturated heterocycles. The van der Waals surface area contributed by atoms with Crippen LogP contribution in [0.1, 0.15) is 30.3 Å².